The first-order valence-electron chi connectivity index (χ1n) is 9.44. The summed E-state index contributed by atoms with van der Waals surface area (Å²) in [6.45, 7) is 5.98. The van der Waals surface area contributed by atoms with Crippen LogP contribution in [0.25, 0.3) is 11.1 Å². The van der Waals surface area contributed by atoms with Crippen LogP contribution in [0.15, 0.2) is 53.5 Å². The van der Waals surface area contributed by atoms with Crippen molar-refractivity contribution in [2.45, 2.75) is 26.2 Å². The van der Waals surface area contributed by atoms with E-state index in [2.05, 4.69) is 15.5 Å². The van der Waals surface area contributed by atoms with Crippen LogP contribution < -0.4 is 15.6 Å². The molecule has 0 atom stereocenters. The predicted octanol–water partition coefficient (Wildman–Crippen LogP) is 3.90. The summed E-state index contributed by atoms with van der Waals surface area (Å²) in [6.07, 6.45) is 1.48. The lowest BCUT2D eigenvalue weighted by molar-refractivity contribution is -0.384. The number of nitrogens with zero attached hydrogens (tertiary/aromatic N) is 2. The average molecular weight is 422 g/mol. The Kier molecular flexibility index (Phi) is 5.87. The SMILES string of the molecule is COc1c(NC(=O)c2ccc([N+](=O)[O-])cc2)cc(-c2ccn[nH]c2=O)cc1C(C)(C)C. The zero-order valence-corrected chi connectivity index (χ0v) is 17.6. The number of aromatic amines is 1. The topological polar surface area (TPSA) is 127 Å². The van der Waals surface area contributed by atoms with Crippen molar-refractivity contribution in [3.8, 4) is 16.9 Å². The Bertz CT molecular complexity index is 1190. The lowest BCUT2D eigenvalue weighted by atomic mass is 9.84. The Balaban J connectivity index is 2.10. The molecule has 3 aromatic rings. The molecule has 0 bridgehead atoms. The van der Waals surface area contributed by atoms with E-state index in [1.54, 1.807) is 12.1 Å². The number of carbonyl (C=O) groups excluding carboxylic acids is 1. The highest BCUT2D eigenvalue weighted by Crippen LogP contribution is 2.40. The molecular formula is C22H22N4O5. The van der Waals surface area contributed by atoms with Gasteiger partial charge in [-0.05, 0) is 41.3 Å². The summed E-state index contributed by atoms with van der Waals surface area (Å²) in [5.74, 6) is 0.00541. The molecule has 1 amide bonds. The van der Waals surface area contributed by atoms with E-state index in [0.29, 0.717) is 22.6 Å². The number of aromatic nitrogens is 2. The van der Waals surface area contributed by atoms with Gasteiger partial charge in [-0.3, -0.25) is 19.7 Å². The third kappa shape index (κ3) is 4.61. The summed E-state index contributed by atoms with van der Waals surface area (Å²) in [6, 6.07) is 10.4. The smallest absolute Gasteiger partial charge is 0.272 e. The Morgan fingerprint density at radius 3 is 2.39 bits per heavy atom. The molecule has 2 N–H and O–H groups in total. The number of carbonyl (C=O) groups is 1. The Hall–Kier alpha value is -4.01. The number of anilines is 1. The fourth-order valence-corrected chi connectivity index (χ4v) is 3.15. The number of non-ortho nitro benzene ring substituents is 1. The number of rotatable bonds is 5. The van der Waals surface area contributed by atoms with E-state index >= 15 is 0 Å². The largest absolute Gasteiger partial charge is 0.494 e. The van der Waals surface area contributed by atoms with Crippen molar-refractivity contribution in [2.24, 2.45) is 0 Å². The van der Waals surface area contributed by atoms with E-state index in [-0.39, 0.29) is 22.2 Å². The highest BCUT2D eigenvalue weighted by atomic mass is 16.6. The molecule has 0 radical (unpaired) electrons. The lowest BCUT2D eigenvalue weighted by Crippen LogP contribution is -2.18. The molecule has 0 aliphatic rings. The number of nitro benzene ring substituents is 1. The summed E-state index contributed by atoms with van der Waals surface area (Å²) < 4.78 is 5.61. The van der Waals surface area contributed by atoms with Crippen molar-refractivity contribution in [3.05, 3.63) is 80.3 Å². The molecule has 160 valence electrons. The summed E-state index contributed by atoms with van der Waals surface area (Å²) in [5, 5.41) is 19.8. The predicted molar refractivity (Wildman–Crippen MR) is 117 cm³/mol. The van der Waals surface area contributed by atoms with Crippen molar-refractivity contribution in [3.63, 3.8) is 0 Å². The minimum atomic E-state index is -0.532. The van der Waals surface area contributed by atoms with Gasteiger partial charge in [-0.15, -0.1) is 0 Å². The van der Waals surface area contributed by atoms with Crippen molar-refractivity contribution in [2.75, 3.05) is 12.4 Å². The fourth-order valence-electron chi connectivity index (χ4n) is 3.15. The van der Waals surface area contributed by atoms with Gasteiger partial charge in [0.1, 0.15) is 5.75 Å². The van der Waals surface area contributed by atoms with Gasteiger partial charge in [0.2, 0.25) is 0 Å². The zero-order chi connectivity index (χ0) is 22.8. The monoisotopic (exact) mass is 422 g/mol. The Morgan fingerprint density at radius 2 is 1.84 bits per heavy atom. The second kappa shape index (κ2) is 8.39. The van der Waals surface area contributed by atoms with Crippen LogP contribution >= 0.6 is 0 Å². The number of methoxy groups -OCH3 is 1. The molecule has 3 rings (SSSR count). The third-order valence-electron chi connectivity index (χ3n) is 4.73. The first-order valence-corrected chi connectivity index (χ1v) is 9.44. The molecule has 31 heavy (non-hydrogen) atoms. The van der Waals surface area contributed by atoms with Crippen molar-refractivity contribution in [1.82, 2.24) is 10.2 Å². The molecule has 0 aliphatic heterocycles. The van der Waals surface area contributed by atoms with Gasteiger partial charge < -0.3 is 10.1 Å². The van der Waals surface area contributed by atoms with Crippen LogP contribution in [0.5, 0.6) is 5.75 Å². The molecule has 0 saturated carbocycles. The van der Waals surface area contributed by atoms with E-state index in [4.69, 9.17) is 4.74 Å². The number of amides is 1. The number of hydrogen-bond acceptors (Lipinski definition) is 6. The molecule has 9 nitrogen and oxygen atoms in total. The van der Waals surface area contributed by atoms with E-state index < -0.39 is 10.8 Å². The van der Waals surface area contributed by atoms with Crippen LogP contribution in [-0.2, 0) is 5.41 Å². The maximum absolute atomic E-state index is 12.8. The minimum absolute atomic E-state index is 0.108. The second-order valence-corrected chi connectivity index (χ2v) is 7.91. The molecule has 9 heteroatoms. The van der Waals surface area contributed by atoms with Gasteiger partial charge in [-0.25, -0.2) is 5.10 Å². The van der Waals surface area contributed by atoms with Crippen molar-refractivity contribution < 1.29 is 14.5 Å². The van der Waals surface area contributed by atoms with E-state index in [1.807, 2.05) is 26.8 Å². The molecular weight excluding hydrogens is 400 g/mol. The van der Waals surface area contributed by atoms with Crippen LogP contribution in [0.4, 0.5) is 11.4 Å². The average Bonchev–Trinajstić information content (AvgIpc) is 2.73. The highest BCUT2D eigenvalue weighted by molar-refractivity contribution is 6.05. The molecule has 1 heterocycles. The Morgan fingerprint density at radius 1 is 1.16 bits per heavy atom. The van der Waals surface area contributed by atoms with Crippen molar-refractivity contribution in [1.29, 1.82) is 0 Å². The molecule has 0 spiro atoms. The van der Waals surface area contributed by atoms with Crippen LogP contribution in [0.1, 0.15) is 36.7 Å². The lowest BCUT2D eigenvalue weighted by Gasteiger charge is -2.25. The standard InChI is InChI=1S/C22H22N4O5/c1-22(2,3)17-11-14(16-9-10-23-25-21(16)28)12-18(19(17)31-4)24-20(27)13-5-7-15(8-6-13)26(29)30/h5-12H,1-4H3,(H,24,27)(H,25,28). The van der Waals surface area contributed by atoms with Gasteiger partial charge in [0.25, 0.3) is 17.2 Å². The van der Waals surface area contributed by atoms with Gasteiger partial charge in [-0.1, -0.05) is 20.8 Å². The zero-order valence-electron chi connectivity index (χ0n) is 17.6. The summed E-state index contributed by atoms with van der Waals surface area (Å²) in [4.78, 5) is 35.4. The summed E-state index contributed by atoms with van der Waals surface area (Å²) in [5.41, 5.74) is 1.59. The molecule has 2 aromatic carbocycles. The van der Waals surface area contributed by atoms with Crippen LogP contribution in [0.2, 0.25) is 0 Å². The molecule has 1 aromatic heterocycles. The normalized spacial score (nSPS) is 11.1. The first kappa shape index (κ1) is 21.7. The van der Waals surface area contributed by atoms with Crippen LogP contribution in [0.3, 0.4) is 0 Å². The minimum Gasteiger partial charge on any atom is -0.494 e. The highest BCUT2D eigenvalue weighted by Gasteiger charge is 2.24. The maximum atomic E-state index is 12.8. The fraction of sp³-hybridized carbons (Fsp3) is 0.227. The second-order valence-electron chi connectivity index (χ2n) is 7.91. The Labute approximate surface area is 178 Å². The molecule has 0 fully saturated rings. The molecule has 0 saturated heterocycles. The number of benzene rings is 2. The van der Waals surface area contributed by atoms with Gasteiger partial charge in [0, 0.05) is 29.5 Å². The number of H-pyrrole nitrogens is 1. The summed E-state index contributed by atoms with van der Waals surface area (Å²) in [7, 11) is 1.50. The first-order chi connectivity index (χ1) is 14.6. The number of ether oxygens (including phenoxy) is 1. The van der Waals surface area contributed by atoms with Crippen molar-refractivity contribution >= 4 is 17.3 Å². The van der Waals surface area contributed by atoms with Gasteiger partial charge in [-0.2, -0.15) is 5.10 Å². The van der Waals surface area contributed by atoms with E-state index in [9.17, 15) is 19.7 Å². The van der Waals surface area contributed by atoms with Gasteiger partial charge in [0.15, 0.2) is 0 Å². The number of nitro groups is 1. The molecule has 0 aliphatic carbocycles. The number of nitrogens with one attached hydrogen (secondary N) is 2. The van der Waals surface area contributed by atoms with Gasteiger partial charge >= 0.3 is 0 Å². The molecule has 0 unspecified atom stereocenters. The summed E-state index contributed by atoms with van der Waals surface area (Å²) >= 11 is 0. The van der Waals surface area contributed by atoms with E-state index in [1.165, 1.54) is 37.6 Å². The maximum Gasteiger partial charge on any atom is 0.272 e. The van der Waals surface area contributed by atoms with Gasteiger partial charge in [0.05, 0.1) is 23.3 Å². The third-order valence-corrected chi connectivity index (χ3v) is 4.73. The quantitative estimate of drug-likeness (QED) is 0.474. The van der Waals surface area contributed by atoms with Crippen LogP contribution in [0, 0.1) is 10.1 Å². The number of hydrogen-bond donors (Lipinski definition) is 2. The van der Waals surface area contributed by atoms with Crippen LogP contribution in [-0.4, -0.2) is 28.1 Å². The van der Waals surface area contributed by atoms with E-state index in [0.717, 1.165) is 5.56 Å².